The third-order valence-electron chi connectivity index (χ3n) is 5.45. The summed E-state index contributed by atoms with van der Waals surface area (Å²) in [7, 11) is 1.54. The molecule has 3 aromatic rings. The van der Waals surface area contributed by atoms with Gasteiger partial charge in [0.2, 0.25) is 0 Å². The number of hydrogen-bond donors (Lipinski definition) is 1. The van der Waals surface area contributed by atoms with Crippen molar-refractivity contribution in [3.05, 3.63) is 93.6 Å². The zero-order valence-corrected chi connectivity index (χ0v) is 19.1. The first-order chi connectivity index (χ1) is 15.3. The van der Waals surface area contributed by atoms with Gasteiger partial charge in [0.05, 0.1) is 23.4 Å². The smallest absolute Gasteiger partial charge is 0.282 e. The molecular weight excluding hydrogens is 424 g/mol. The van der Waals surface area contributed by atoms with Crippen LogP contribution in [0.25, 0.3) is 5.57 Å². The minimum atomic E-state index is -0.411. The van der Waals surface area contributed by atoms with Gasteiger partial charge in [-0.15, -0.1) is 0 Å². The Hall–Kier alpha value is -3.57. The highest BCUT2D eigenvalue weighted by Crippen LogP contribution is 2.36. The fourth-order valence-corrected chi connectivity index (χ4v) is 3.96. The molecule has 3 aromatic carbocycles. The molecule has 0 fully saturated rings. The number of nitrogens with zero attached hydrogens (tertiary/aromatic N) is 1. The van der Waals surface area contributed by atoms with E-state index in [1.54, 1.807) is 18.2 Å². The second kappa shape index (κ2) is 8.52. The molecule has 1 aliphatic rings. The maximum absolute atomic E-state index is 13.6. The lowest BCUT2D eigenvalue weighted by molar-refractivity contribution is -0.120. The van der Waals surface area contributed by atoms with Crippen LogP contribution < -0.4 is 15.0 Å². The van der Waals surface area contributed by atoms with Crippen LogP contribution in [-0.4, -0.2) is 18.9 Å². The number of rotatable bonds is 5. The van der Waals surface area contributed by atoms with E-state index in [4.69, 9.17) is 16.3 Å². The molecule has 0 bridgehead atoms. The SMILES string of the molecule is COc1ccc(NC2=C(c3ccc(C)cc3)C(=O)N(c3cc(C)ccc3C)C2=O)cc1Cl. The number of ether oxygens (including phenoxy) is 1. The highest BCUT2D eigenvalue weighted by atomic mass is 35.5. The summed E-state index contributed by atoms with van der Waals surface area (Å²) in [4.78, 5) is 28.4. The number of carbonyl (C=O) groups excluding carboxylic acids is 2. The number of benzene rings is 3. The number of methoxy groups -OCH3 is 1. The van der Waals surface area contributed by atoms with Gasteiger partial charge in [-0.05, 0) is 61.7 Å². The molecule has 5 nitrogen and oxygen atoms in total. The van der Waals surface area contributed by atoms with Gasteiger partial charge in [0.1, 0.15) is 11.4 Å². The van der Waals surface area contributed by atoms with E-state index in [0.29, 0.717) is 33.3 Å². The van der Waals surface area contributed by atoms with E-state index in [9.17, 15) is 9.59 Å². The summed E-state index contributed by atoms with van der Waals surface area (Å²) in [5.41, 5.74) is 5.23. The van der Waals surface area contributed by atoms with Gasteiger partial charge in [0.25, 0.3) is 11.8 Å². The third kappa shape index (κ3) is 3.87. The van der Waals surface area contributed by atoms with Crippen molar-refractivity contribution in [3.63, 3.8) is 0 Å². The van der Waals surface area contributed by atoms with Crippen LogP contribution in [0.4, 0.5) is 11.4 Å². The molecule has 0 aliphatic carbocycles. The van der Waals surface area contributed by atoms with Crippen molar-refractivity contribution >= 4 is 40.4 Å². The monoisotopic (exact) mass is 446 g/mol. The average Bonchev–Trinajstić information content (AvgIpc) is 3.00. The first kappa shape index (κ1) is 21.7. The summed E-state index contributed by atoms with van der Waals surface area (Å²) in [5, 5.41) is 3.54. The second-order valence-electron chi connectivity index (χ2n) is 7.83. The number of hydrogen-bond acceptors (Lipinski definition) is 4. The predicted octanol–water partition coefficient (Wildman–Crippen LogP) is 5.67. The lowest BCUT2D eigenvalue weighted by atomic mass is 10.0. The molecular formula is C26H23ClN2O3. The summed E-state index contributed by atoms with van der Waals surface area (Å²) >= 11 is 6.27. The number of anilines is 2. The summed E-state index contributed by atoms with van der Waals surface area (Å²) in [6.07, 6.45) is 0. The number of nitrogens with one attached hydrogen (secondary N) is 1. The van der Waals surface area contributed by atoms with Gasteiger partial charge >= 0.3 is 0 Å². The zero-order chi connectivity index (χ0) is 23.0. The molecule has 1 heterocycles. The highest BCUT2D eigenvalue weighted by molar-refractivity contribution is 6.46. The molecule has 1 N–H and O–H groups in total. The minimum absolute atomic E-state index is 0.209. The number of aryl methyl sites for hydroxylation is 3. The molecule has 0 spiro atoms. The average molecular weight is 447 g/mol. The molecule has 4 rings (SSSR count). The lowest BCUT2D eigenvalue weighted by Gasteiger charge is -2.18. The quantitative estimate of drug-likeness (QED) is 0.513. The van der Waals surface area contributed by atoms with Gasteiger partial charge in [0.15, 0.2) is 0 Å². The minimum Gasteiger partial charge on any atom is -0.495 e. The Labute approximate surface area is 192 Å². The van der Waals surface area contributed by atoms with Crippen molar-refractivity contribution in [2.45, 2.75) is 20.8 Å². The molecule has 0 atom stereocenters. The van der Waals surface area contributed by atoms with Crippen LogP contribution in [0, 0.1) is 20.8 Å². The van der Waals surface area contributed by atoms with Gasteiger partial charge in [-0.3, -0.25) is 9.59 Å². The molecule has 0 saturated carbocycles. The van der Waals surface area contributed by atoms with Gasteiger partial charge < -0.3 is 10.1 Å². The molecule has 0 unspecified atom stereocenters. The first-order valence-corrected chi connectivity index (χ1v) is 10.6. The Morgan fingerprint density at radius 1 is 0.844 bits per heavy atom. The van der Waals surface area contributed by atoms with Crippen LogP contribution in [0.2, 0.25) is 5.02 Å². The van der Waals surface area contributed by atoms with E-state index in [2.05, 4.69) is 5.32 Å². The first-order valence-electron chi connectivity index (χ1n) is 10.2. The Morgan fingerprint density at radius 3 is 2.19 bits per heavy atom. The molecule has 0 radical (unpaired) electrons. The third-order valence-corrected chi connectivity index (χ3v) is 5.75. The van der Waals surface area contributed by atoms with Crippen molar-refractivity contribution in [2.75, 3.05) is 17.3 Å². The summed E-state index contributed by atoms with van der Waals surface area (Å²) in [5.74, 6) is -0.253. The molecule has 6 heteroatoms. The lowest BCUT2D eigenvalue weighted by Crippen LogP contribution is -2.33. The van der Waals surface area contributed by atoms with E-state index in [0.717, 1.165) is 16.7 Å². The van der Waals surface area contributed by atoms with Crippen molar-refractivity contribution in [3.8, 4) is 5.75 Å². The summed E-state index contributed by atoms with van der Waals surface area (Å²) < 4.78 is 5.21. The molecule has 0 aromatic heterocycles. The van der Waals surface area contributed by atoms with Gasteiger partial charge in [-0.1, -0.05) is 53.6 Å². The Morgan fingerprint density at radius 2 is 1.53 bits per heavy atom. The van der Waals surface area contributed by atoms with Crippen LogP contribution >= 0.6 is 11.6 Å². The molecule has 2 amide bonds. The maximum Gasteiger partial charge on any atom is 0.282 e. The molecule has 1 aliphatic heterocycles. The van der Waals surface area contributed by atoms with Crippen molar-refractivity contribution in [2.24, 2.45) is 0 Å². The number of amides is 2. The van der Waals surface area contributed by atoms with E-state index in [1.807, 2.05) is 63.2 Å². The van der Waals surface area contributed by atoms with Gasteiger partial charge in [0, 0.05) is 5.69 Å². The van der Waals surface area contributed by atoms with E-state index in [1.165, 1.54) is 12.0 Å². The van der Waals surface area contributed by atoms with Crippen LogP contribution in [0.5, 0.6) is 5.75 Å². The normalized spacial score (nSPS) is 13.7. The van der Waals surface area contributed by atoms with Gasteiger partial charge in [-0.25, -0.2) is 4.90 Å². The van der Waals surface area contributed by atoms with E-state index < -0.39 is 5.91 Å². The Kier molecular flexibility index (Phi) is 5.76. The zero-order valence-electron chi connectivity index (χ0n) is 18.3. The summed E-state index contributed by atoms with van der Waals surface area (Å²) in [6, 6.07) is 18.4. The van der Waals surface area contributed by atoms with E-state index >= 15 is 0 Å². The Bertz CT molecular complexity index is 1260. The molecule has 32 heavy (non-hydrogen) atoms. The number of halogens is 1. The van der Waals surface area contributed by atoms with Crippen LogP contribution in [-0.2, 0) is 9.59 Å². The van der Waals surface area contributed by atoms with Crippen molar-refractivity contribution in [1.29, 1.82) is 0 Å². The molecule has 0 saturated heterocycles. The maximum atomic E-state index is 13.6. The largest absolute Gasteiger partial charge is 0.495 e. The topological polar surface area (TPSA) is 58.6 Å². The predicted molar refractivity (Wildman–Crippen MR) is 128 cm³/mol. The van der Waals surface area contributed by atoms with Crippen molar-refractivity contribution in [1.82, 2.24) is 0 Å². The fourth-order valence-electron chi connectivity index (χ4n) is 3.70. The van der Waals surface area contributed by atoms with Crippen molar-refractivity contribution < 1.29 is 14.3 Å². The highest BCUT2D eigenvalue weighted by Gasteiger charge is 2.40. The van der Waals surface area contributed by atoms with Crippen LogP contribution in [0.15, 0.2) is 66.4 Å². The van der Waals surface area contributed by atoms with Gasteiger partial charge in [-0.2, -0.15) is 0 Å². The van der Waals surface area contributed by atoms with Crippen LogP contribution in [0.1, 0.15) is 22.3 Å². The fraction of sp³-hybridized carbons (Fsp3) is 0.154. The number of carbonyl (C=O) groups is 2. The standard InChI is InChI=1S/C26H23ClN2O3/c1-15-6-9-18(10-7-15)23-24(28-19-11-12-22(32-4)20(27)14-19)26(31)29(25(23)30)21-13-16(2)5-8-17(21)3/h5-14,28H,1-4H3. The Balaban J connectivity index is 1.84. The van der Waals surface area contributed by atoms with E-state index in [-0.39, 0.29) is 11.6 Å². The van der Waals surface area contributed by atoms with Crippen LogP contribution in [0.3, 0.4) is 0 Å². The second-order valence-corrected chi connectivity index (χ2v) is 8.23. The summed E-state index contributed by atoms with van der Waals surface area (Å²) in [6.45, 7) is 5.79. The molecule has 162 valence electrons. The number of imide groups is 1.